The molecule has 3 nitrogen and oxygen atoms in total. The molecule has 0 aromatic heterocycles. The summed E-state index contributed by atoms with van der Waals surface area (Å²) in [5.74, 6) is 0.727. The van der Waals surface area contributed by atoms with Crippen LogP contribution in [0.25, 0.3) is 0 Å². The number of benzene rings is 1. The van der Waals surface area contributed by atoms with Crippen LogP contribution in [0.2, 0.25) is 0 Å². The minimum Gasteiger partial charge on any atom is -0.303 e. The van der Waals surface area contributed by atoms with Crippen LogP contribution in [-0.4, -0.2) is 42.5 Å². The Morgan fingerprint density at radius 2 is 1.34 bits per heavy atom. The standard InChI is InChI=1S/C23H39N3.C3H8/c1-5-14-25(15-6-2)16-8-9-17-26(19-21(4)7-3)20-23-12-10-22(18-24)11-13-23;1-3-2/h10-13,21H,5-9,14-17,19-20H2,1-4H3;3H2,1-2H3. The lowest BCUT2D eigenvalue weighted by Crippen LogP contribution is -2.30. The Balaban J connectivity index is 0.00000245. The number of hydrogen-bond acceptors (Lipinski definition) is 3. The summed E-state index contributed by atoms with van der Waals surface area (Å²) in [6.07, 6.45) is 7.52. The summed E-state index contributed by atoms with van der Waals surface area (Å²) < 4.78 is 0. The maximum absolute atomic E-state index is 8.96. The Morgan fingerprint density at radius 1 is 0.828 bits per heavy atom. The summed E-state index contributed by atoms with van der Waals surface area (Å²) in [5.41, 5.74) is 2.06. The first-order valence-electron chi connectivity index (χ1n) is 12.0. The van der Waals surface area contributed by atoms with Crippen LogP contribution in [0.1, 0.15) is 91.2 Å². The molecule has 0 saturated carbocycles. The molecule has 166 valence electrons. The smallest absolute Gasteiger partial charge is 0.0991 e. The van der Waals surface area contributed by atoms with E-state index >= 15 is 0 Å². The lowest BCUT2D eigenvalue weighted by Gasteiger charge is -2.26. The molecule has 0 spiro atoms. The fourth-order valence-corrected chi connectivity index (χ4v) is 3.39. The van der Waals surface area contributed by atoms with E-state index in [-0.39, 0.29) is 0 Å². The van der Waals surface area contributed by atoms with Crippen molar-refractivity contribution < 1.29 is 0 Å². The van der Waals surface area contributed by atoms with Gasteiger partial charge >= 0.3 is 0 Å². The number of unbranched alkanes of at least 4 members (excludes halogenated alkanes) is 1. The van der Waals surface area contributed by atoms with Gasteiger partial charge in [0.05, 0.1) is 11.6 Å². The molecule has 0 aliphatic rings. The highest BCUT2D eigenvalue weighted by molar-refractivity contribution is 5.31. The normalized spacial score (nSPS) is 11.8. The van der Waals surface area contributed by atoms with Gasteiger partial charge in [-0.2, -0.15) is 5.26 Å². The molecule has 29 heavy (non-hydrogen) atoms. The van der Waals surface area contributed by atoms with E-state index in [1.54, 1.807) is 0 Å². The summed E-state index contributed by atoms with van der Waals surface area (Å²) >= 11 is 0. The Labute approximate surface area is 182 Å². The first-order valence-corrected chi connectivity index (χ1v) is 12.0. The van der Waals surface area contributed by atoms with Crippen molar-refractivity contribution in [2.75, 3.05) is 32.7 Å². The largest absolute Gasteiger partial charge is 0.303 e. The molecule has 0 heterocycles. The molecule has 3 heteroatoms. The summed E-state index contributed by atoms with van der Waals surface area (Å²) in [6, 6.07) is 10.3. The second-order valence-electron chi connectivity index (χ2n) is 8.31. The molecule has 0 bridgehead atoms. The van der Waals surface area contributed by atoms with Gasteiger partial charge in [0.15, 0.2) is 0 Å². The van der Waals surface area contributed by atoms with Gasteiger partial charge < -0.3 is 4.90 Å². The number of rotatable bonds is 14. The fraction of sp³-hybridized carbons (Fsp3) is 0.731. The summed E-state index contributed by atoms with van der Waals surface area (Å²) in [5, 5.41) is 8.96. The molecule has 1 aromatic carbocycles. The molecule has 1 unspecified atom stereocenters. The van der Waals surface area contributed by atoms with Crippen molar-refractivity contribution >= 4 is 0 Å². The summed E-state index contributed by atoms with van der Waals surface area (Å²) in [7, 11) is 0. The maximum atomic E-state index is 8.96. The van der Waals surface area contributed by atoms with E-state index < -0.39 is 0 Å². The molecule has 1 aromatic rings. The molecule has 0 aliphatic heterocycles. The molecule has 1 atom stereocenters. The van der Waals surface area contributed by atoms with E-state index in [0.29, 0.717) is 0 Å². The zero-order chi connectivity index (χ0) is 21.9. The monoisotopic (exact) mass is 401 g/mol. The van der Waals surface area contributed by atoms with Crippen molar-refractivity contribution in [1.29, 1.82) is 5.26 Å². The van der Waals surface area contributed by atoms with Gasteiger partial charge in [0, 0.05) is 13.1 Å². The van der Waals surface area contributed by atoms with E-state index in [4.69, 9.17) is 5.26 Å². The maximum Gasteiger partial charge on any atom is 0.0991 e. The third-order valence-corrected chi connectivity index (χ3v) is 5.03. The van der Waals surface area contributed by atoms with Gasteiger partial charge in [0.25, 0.3) is 0 Å². The van der Waals surface area contributed by atoms with Crippen LogP contribution in [0.4, 0.5) is 0 Å². The van der Waals surface area contributed by atoms with Crippen LogP contribution < -0.4 is 0 Å². The first kappa shape index (κ1) is 27.6. The highest BCUT2D eigenvalue weighted by Crippen LogP contribution is 2.12. The van der Waals surface area contributed by atoms with Gasteiger partial charge in [-0.15, -0.1) is 0 Å². The van der Waals surface area contributed by atoms with Crippen molar-refractivity contribution in [3.8, 4) is 6.07 Å². The van der Waals surface area contributed by atoms with Crippen LogP contribution in [0.5, 0.6) is 0 Å². The van der Waals surface area contributed by atoms with Crippen molar-refractivity contribution in [2.24, 2.45) is 5.92 Å². The van der Waals surface area contributed by atoms with Gasteiger partial charge in [-0.25, -0.2) is 0 Å². The SMILES string of the molecule is CCC.CCCN(CCC)CCCCN(Cc1ccc(C#N)cc1)CC(C)CC. The molecular weight excluding hydrogens is 354 g/mol. The molecule has 0 aliphatic carbocycles. The van der Waals surface area contributed by atoms with E-state index in [0.717, 1.165) is 31.1 Å². The molecular formula is C26H47N3. The van der Waals surface area contributed by atoms with Crippen molar-refractivity contribution in [1.82, 2.24) is 9.80 Å². The topological polar surface area (TPSA) is 30.3 Å². The van der Waals surface area contributed by atoms with Crippen LogP contribution >= 0.6 is 0 Å². The van der Waals surface area contributed by atoms with E-state index in [1.165, 1.54) is 63.7 Å². The van der Waals surface area contributed by atoms with Crippen LogP contribution in [0.15, 0.2) is 24.3 Å². The van der Waals surface area contributed by atoms with Crippen LogP contribution in [-0.2, 0) is 6.54 Å². The second-order valence-corrected chi connectivity index (χ2v) is 8.31. The van der Waals surface area contributed by atoms with E-state index in [2.05, 4.69) is 69.5 Å². The van der Waals surface area contributed by atoms with Crippen molar-refractivity contribution in [2.45, 2.75) is 86.6 Å². The lowest BCUT2D eigenvalue weighted by atomic mass is 10.1. The summed E-state index contributed by atoms with van der Waals surface area (Å²) in [4.78, 5) is 5.21. The minimum atomic E-state index is 0.727. The van der Waals surface area contributed by atoms with Crippen LogP contribution in [0, 0.1) is 17.2 Å². The molecule has 1 rings (SSSR count). The average molecular weight is 402 g/mol. The zero-order valence-corrected chi connectivity index (χ0v) is 20.2. The number of nitrogens with zero attached hydrogens (tertiary/aromatic N) is 3. The van der Waals surface area contributed by atoms with E-state index in [9.17, 15) is 0 Å². The van der Waals surface area contributed by atoms with Gasteiger partial charge in [-0.05, 0) is 75.5 Å². The third kappa shape index (κ3) is 14.3. The van der Waals surface area contributed by atoms with E-state index in [1.807, 2.05) is 12.1 Å². The second kappa shape index (κ2) is 18.6. The average Bonchev–Trinajstić information content (AvgIpc) is 2.72. The summed E-state index contributed by atoms with van der Waals surface area (Å²) in [6.45, 7) is 20.4. The fourth-order valence-electron chi connectivity index (χ4n) is 3.39. The quantitative estimate of drug-likeness (QED) is 0.324. The molecule has 0 amide bonds. The minimum absolute atomic E-state index is 0.727. The van der Waals surface area contributed by atoms with Crippen LogP contribution in [0.3, 0.4) is 0 Å². The van der Waals surface area contributed by atoms with Gasteiger partial charge in [-0.1, -0.05) is 66.5 Å². The predicted octanol–water partition coefficient (Wildman–Crippen LogP) is 6.72. The highest BCUT2D eigenvalue weighted by atomic mass is 15.1. The number of nitriles is 1. The molecule has 0 radical (unpaired) electrons. The third-order valence-electron chi connectivity index (χ3n) is 5.03. The first-order chi connectivity index (χ1) is 14.0. The zero-order valence-electron chi connectivity index (χ0n) is 20.2. The molecule has 0 N–H and O–H groups in total. The Hall–Kier alpha value is -1.37. The molecule has 0 saturated heterocycles. The highest BCUT2D eigenvalue weighted by Gasteiger charge is 2.11. The Kier molecular flexibility index (Phi) is 17.8. The Morgan fingerprint density at radius 3 is 1.79 bits per heavy atom. The Bertz CT molecular complexity index is 512. The van der Waals surface area contributed by atoms with Gasteiger partial charge in [0.1, 0.15) is 0 Å². The molecule has 0 fully saturated rings. The number of hydrogen-bond donors (Lipinski definition) is 0. The van der Waals surface area contributed by atoms with Gasteiger partial charge in [0.2, 0.25) is 0 Å². The lowest BCUT2D eigenvalue weighted by molar-refractivity contribution is 0.212. The van der Waals surface area contributed by atoms with Crippen molar-refractivity contribution in [3.63, 3.8) is 0 Å². The van der Waals surface area contributed by atoms with Gasteiger partial charge in [-0.3, -0.25) is 4.90 Å². The predicted molar refractivity (Wildman–Crippen MR) is 128 cm³/mol. The van der Waals surface area contributed by atoms with Crippen molar-refractivity contribution in [3.05, 3.63) is 35.4 Å².